The van der Waals surface area contributed by atoms with Crippen LogP contribution in [0.3, 0.4) is 0 Å². The van der Waals surface area contributed by atoms with Crippen LogP contribution in [0.5, 0.6) is 0 Å². The van der Waals surface area contributed by atoms with Gasteiger partial charge in [0, 0.05) is 12.0 Å². The third-order valence-corrected chi connectivity index (χ3v) is 6.50. The van der Waals surface area contributed by atoms with E-state index in [1.54, 1.807) is 36.4 Å². The molecule has 3 aromatic carbocycles. The summed E-state index contributed by atoms with van der Waals surface area (Å²) >= 11 is 0. The molecule has 0 saturated carbocycles. The molecule has 0 fully saturated rings. The van der Waals surface area contributed by atoms with E-state index in [1.165, 1.54) is 18.2 Å². The molecule has 6 heteroatoms. The number of hydrogen-bond donors (Lipinski definition) is 0. The Kier molecular flexibility index (Phi) is 4.73. The molecular formula is C22H19FN2O2S. The maximum atomic E-state index is 14.3. The highest BCUT2D eigenvalue weighted by molar-refractivity contribution is 7.89. The van der Waals surface area contributed by atoms with Crippen molar-refractivity contribution in [1.29, 1.82) is 0 Å². The topological polar surface area (TPSA) is 49.7 Å². The summed E-state index contributed by atoms with van der Waals surface area (Å²) in [7, 11) is -3.88. The van der Waals surface area contributed by atoms with Gasteiger partial charge in [-0.15, -0.1) is 0 Å². The molecule has 0 spiro atoms. The molecule has 0 bridgehead atoms. The average molecular weight is 394 g/mol. The zero-order valence-electron chi connectivity index (χ0n) is 15.3. The van der Waals surface area contributed by atoms with Crippen molar-refractivity contribution < 1.29 is 12.8 Å². The standard InChI is InChI=1S/C22H19FN2O2S/c1-16-11-13-17(14-12-16)22-15-21(19-9-5-6-10-20(19)23)24-25(22)28(26,27)18-7-3-2-4-8-18/h2-14,22H,15H2,1H3/t22-/m1/s1. The highest BCUT2D eigenvalue weighted by atomic mass is 32.2. The minimum Gasteiger partial charge on any atom is -0.206 e. The Morgan fingerprint density at radius 3 is 2.25 bits per heavy atom. The Hall–Kier alpha value is -2.99. The summed E-state index contributed by atoms with van der Waals surface area (Å²) in [5.41, 5.74) is 2.64. The second-order valence-corrected chi connectivity index (χ2v) is 8.54. The molecule has 0 amide bonds. The minimum atomic E-state index is -3.88. The van der Waals surface area contributed by atoms with Crippen LogP contribution in [0.25, 0.3) is 0 Å². The van der Waals surface area contributed by atoms with Crippen molar-refractivity contribution in [3.05, 3.63) is 101 Å². The van der Waals surface area contributed by atoms with Gasteiger partial charge in [-0.25, -0.2) is 4.39 Å². The number of sulfonamides is 1. The highest BCUT2D eigenvalue weighted by Gasteiger charge is 2.38. The van der Waals surface area contributed by atoms with Crippen LogP contribution >= 0.6 is 0 Å². The second kappa shape index (κ2) is 7.20. The maximum absolute atomic E-state index is 14.3. The van der Waals surface area contributed by atoms with Crippen molar-refractivity contribution in [3.63, 3.8) is 0 Å². The van der Waals surface area contributed by atoms with E-state index in [0.717, 1.165) is 15.5 Å². The first-order valence-corrected chi connectivity index (χ1v) is 10.4. The van der Waals surface area contributed by atoms with Gasteiger partial charge >= 0.3 is 0 Å². The molecule has 4 rings (SSSR count). The zero-order valence-corrected chi connectivity index (χ0v) is 16.1. The van der Waals surface area contributed by atoms with E-state index in [9.17, 15) is 12.8 Å². The summed E-state index contributed by atoms with van der Waals surface area (Å²) in [5.74, 6) is -0.414. The number of halogens is 1. The fourth-order valence-electron chi connectivity index (χ4n) is 3.31. The van der Waals surface area contributed by atoms with Crippen LogP contribution in [0.1, 0.15) is 29.2 Å². The van der Waals surface area contributed by atoms with Gasteiger partial charge in [0.15, 0.2) is 0 Å². The lowest BCUT2D eigenvalue weighted by Gasteiger charge is -2.23. The van der Waals surface area contributed by atoms with Gasteiger partial charge in [0.1, 0.15) is 5.82 Å². The average Bonchev–Trinajstić information content (AvgIpc) is 3.15. The van der Waals surface area contributed by atoms with Crippen LogP contribution in [0.2, 0.25) is 0 Å². The Morgan fingerprint density at radius 2 is 1.57 bits per heavy atom. The fraction of sp³-hybridized carbons (Fsp3) is 0.136. The largest absolute Gasteiger partial charge is 0.279 e. The number of hydrazone groups is 1. The van der Waals surface area contributed by atoms with E-state index in [1.807, 2.05) is 31.2 Å². The van der Waals surface area contributed by atoms with Gasteiger partial charge in [-0.2, -0.15) is 17.9 Å². The quantitative estimate of drug-likeness (QED) is 0.645. The molecule has 1 heterocycles. The molecule has 0 aliphatic carbocycles. The van der Waals surface area contributed by atoms with Crippen LogP contribution in [0.15, 0.2) is 88.9 Å². The van der Waals surface area contributed by atoms with Crippen LogP contribution in [-0.2, 0) is 10.0 Å². The van der Waals surface area contributed by atoms with Crippen molar-refractivity contribution in [1.82, 2.24) is 4.41 Å². The Bertz CT molecular complexity index is 1130. The van der Waals surface area contributed by atoms with Gasteiger partial charge in [0.05, 0.1) is 16.6 Å². The molecule has 0 radical (unpaired) electrons. The minimum absolute atomic E-state index is 0.158. The molecule has 28 heavy (non-hydrogen) atoms. The molecule has 1 aliphatic rings. The fourth-order valence-corrected chi connectivity index (χ4v) is 4.76. The smallest absolute Gasteiger partial charge is 0.206 e. The number of nitrogens with zero attached hydrogens (tertiary/aromatic N) is 2. The molecule has 0 unspecified atom stereocenters. The van der Waals surface area contributed by atoms with Crippen molar-refractivity contribution in [2.24, 2.45) is 5.10 Å². The van der Waals surface area contributed by atoms with Crippen LogP contribution in [-0.4, -0.2) is 18.5 Å². The van der Waals surface area contributed by atoms with Crippen molar-refractivity contribution >= 4 is 15.7 Å². The van der Waals surface area contributed by atoms with Gasteiger partial charge in [-0.1, -0.05) is 66.2 Å². The van der Waals surface area contributed by atoms with Gasteiger partial charge in [-0.05, 0) is 30.7 Å². The number of rotatable bonds is 4. The summed E-state index contributed by atoms with van der Waals surface area (Å²) in [6.07, 6.45) is 0.302. The Labute approximate surface area is 164 Å². The normalized spacial score (nSPS) is 16.9. The zero-order chi connectivity index (χ0) is 19.7. The van der Waals surface area contributed by atoms with Crippen LogP contribution < -0.4 is 0 Å². The van der Waals surface area contributed by atoms with Gasteiger partial charge in [-0.3, -0.25) is 0 Å². The monoisotopic (exact) mass is 394 g/mol. The predicted octanol–water partition coefficient (Wildman–Crippen LogP) is 4.67. The van der Waals surface area contributed by atoms with Gasteiger partial charge in [0.25, 0.3) is 10.0 Å². The molecular weight excluding hydrogens is 375 g/mol. The van der Waals surface area contributed by atoms with Gasteiger partial charge < -0.3 is 0 Å². The van der Waals surface area contributed by atoms with Crippen molar-refractivity contribution in [3.8, 4) is 0 Å². The van der Waals surface area contributed by atoms with E-state index >= 15 is 0 Å². The van der Waals surface area contributed by atoms with E-state index in [0.29, 0.717) is 17.7 Å². The molecule has 142 valence electrons. The molecule has 1 aliphatic heterocycles. The van der Waals surface area contributed by atoms with Crippen molar-refractivity contribution in [2.75, 3.05) is 0 Å². The highest BCUT2D eigenvalue weighted by Crippen LogP contribution is 2.37. The molecule has 0 N–H and O–H groups in total. The first kappa shape index (κ1) is 18.4. The Morgan fingerprint density at radius 1 is 0.929 bits per heavy atom. The molecule has 0 aromatic heterocycles. The molecule has 3 aromatic rings. The SMILES string of the molecule is Cc1ccc([C@H]2CC(c3ccccc3F)=NN2S(=O)(=O)c2ccccc2)cc1. The first-order chi connectivity index (χ1) is 13.5. The van der Waals surface area contributed by atoms with E-state index in [-0.39, 0.29) is 4.90 Å². The molecule has 4 nitrogen and oxygen atoms in total. The van der Waals surface area contributed by atoms with Crippen molar-refractivity contribution in [2.45, 2.75) is 24.3 Å². The van der Waals surface area contributed by atoms with E-state index < -0.39 is 21.9 Å². The summed E-state index contributed by atoms with van der Waals surface area (Å²) < 4.78 is 42.0. The maximum Gasteiger partial charge on any atom is 0.279 e. The number of aryl methyl sites for hydroxylation is 1. The van der Waals surface area contributed by atoms with Crippen LogP contribution in [0, 0.1) is 12.7 Å². The predicted molar refractivity (Wildman–Crippen MR) is 107 cm³/mol. The van der Waals surface area contributed by atoms with Crippen LogP contribution in [0.4, 0.5) is 4.39 Å². The number of hydrogen-bond acceptors (Lipinski definition) is 3. The lowest BCUT2D eigenvalue weighted by molar-refractivity contribution is 0.371. The number of benzene rings is 3. The first-order valence-electron chi connectivity index (χ1n) is 8.95. The lowest BCUT2D eigenvalue weighted by Crippen LogP contribution is -2.27. The third-order valence-electron chi connectivity index (χ3n) is 4.81. The molecule has 1 atom stereocenters. The molecule has 0 saturated heterocycles. The summed E-state index contributed by atoms with van der Waals surface area (Å²) in [6.45, 7) is 1.97. The summed E-state index contributed by atoms with van der Waals surface area (Å²) in [6, 6.07) is 21.6. The second-order valence-electron chi connectivity index (χ2n) is 6.75. The lowest BCUT2D eigenvalue weighted by atomic mass is 9.98. The third kappa shape index (κ3) is 3.31. The summed E-state index contributed by atoms with van der Waals surface area (Å²) in [4.78, 5) is 0.158. The van der Waals surface area contributed by atoms with E-state index in [4.69, 9.17) is 0 Å². The van der Waals surface area contributed by atoms with E-state index in [2.05, 4.69) is 5.10 Å². The van der Waals surface area contributed by atoms with Gasteiger partial charge in [0.2, 0.25) is 0 Å². The summed E-state index contributed by atoms with van der Waals surface area (Å²) in [5, 5.41) is 4.37. The Balaban J connectivity index is 1.82.